The van der Waals surface area contributed by atoms with Crippen molar-refractivity contribution in [2.45, 2.75) is 31.9 Å². The van der Waals surface area contributed by atoms with Crippen molar-refractivity contribution in [3.63, 3.8) is 0 Å². The second-order valence-corrected chi connectivity index (χ2v) is 4.88. The average molecular weight is 258 g/mol. The van der Waals surface area contributed by atoms with Crippen LogP contribution >= 0.6 is 11.6 Å². The Labute approximate surface area is 106 Å². The fraction of sp³-hybridized carbons (Fsp3) is 0.538. The number of benzene rings is 1. The highest BCUT2D eigenvalue weighted by Crippen LogP contribution is 2.23. The van der Waals surface area contributed by atoms with E-state index >= 15 is 0 Å². The number of nitrogens with zero attached hydrogens (tertiary/aromatic N) is 1. The summed E-state index contributed by atoms with van der Waals surface area (Å²) in [7, 11) is 0. The molecule has 0 bridgehead atoms. The van der Waals surface area contributed by atoms with Gasteiger partial charge in [-0.15, -0.1) is 11.6 Å². The van der Waals surface area contributed by atoms with Gasteiger partial charge in [-0.1, -0.05) is 0 Å². The van der Waals surface area contributed by atoms with Crippen molar-refractivity contribution in [3.8, 4) is 0 Å². The van der Waals surface area contributed by atoms with Crippen LogP contribution in [0.3, 0.4) is 0 Å². The fourth-order valence-corrected chi connectivity index (χ4v) is 2.44. The van der Waals surface area contributed by atoms with Gasteiger partial charge >= 0.3 is 0 Å². The number of ether oxygens (including phenoxy) is 1. The summed E-state index contributed by atoms with van der Waals surface area (Å²) in [5.41, 5.74) is 1.70. The van der Waals surface area contributed by atoms with E-state index in [0.29, 0.717) is 5.88 Å². The minimum Gasteiger partial charge on any atom is -0.372 e. The SMILES string of the molecule is C[C@@H]1CN(c2cc(F)cc(CCl)c2)C[C@H](C)O1. The summed E-state index contributed by atoms with van der Waals surface area (Å²) in [6.07, 6.45) is 0.336. The maximum atomic E-state index is 13.4. The van der Waals surface area contributed by atoms with Gasteiger partial charge in [0.05, 0.1) is 12.2 Å². The number of morpholine rings is 1. The molecule has 0 aliphatic carbocycles. The topological polar surface area (TPSA) is 12.5 Å². The molecule has 1 aliphatic rings. The van der Waals surface area contributed by atoms with Gasteiger partial charge in [0.1, 0.15) is 5.82 Å². The summed E-state index contributed by atoms with van der Waals surface area (Å²) in [6, 6.07) is 4.98. The quantitative estimate of drug-likeness (QED) is 0.755. The molecule has 0 spiro atoms. The zero-order valence-corrected chi connectivity index (χ0v) is 10.9. The molecule has 0 amide bonds. The van der Waals surface area contributed by atoms with E-state index in [4.69, 9.17) is 16.3 Å². The maximum Gasteiger partial charge on any atom is 0.125 e. The first-order chi connectivity index (χ1) is 8.08. The molecule has 94 valence electrons. The smallest absolute Gasteiger partial charge is 0.125 e. The van der Waals surface area contributed by atoms with E-state index in [1.807, 2.05) is 19.9 Å². The number of hydrogen-bond donors (Lipinski definition) is 0. The Bertz CT molecular complexity index is 389. The number of rotatable bonds is 2. The van der Waals surface area contributed by atoms with E-state index in [2.05, 4.69) is 4.90 Å². The van der Waals surface area contributed by atoms with Crippen molar-refractivity contribution in [2.75, 3.05) is 18.0 Å². The molecule has 1 aliphatic heterocycles. The first kappa shape index (κ1) is 12.7. The Balaban J connectivity index is 2.23. The van der Waals surface area contributed by atoms with Crippen LogP contribution in [-0.4, -0.2) is 25.3 Å². The molecule has 0 aromatic heterocycles. The van der Waals surface area contributed by atoms with E-state index in [1.165, 1.54) is 6.07 Å². The standard InChI is InChI=1S/C13H17ClFNO/c1-9-7-16(8-10(2)17-9)13-4-11(6-14)3-12(15)5-13/h3-5,9-10H,6-8H2,1-2H3/t9-,10+. The van der Waals surface area contributed by atoms with Crippen LogP contribution in [0, 0.1) is 5.82 Å². The lowest BCUT2D eigenvalue weighted by Gasteiger charge is -2.37. The predicted molar refractivity (Wildman–Crippen MR) is 68.2 cm³/mol. The first-order valence-electron chi connectivity index (χ1n) is 5.84. The van der Waals surface area contributed by atoms with Gasteiger partial charge in [0.25, 0.3) is 0 Å². The van der Waals surface area contributed by atoms with E-state index in [9.17, 15) is 4.39 Å². The molecule has 1 aromatic rings. The average Bonchev–Trinajstić information content (AvgIpc) is 2.26. The Morgan fingerprint density at radius 2 is 1.94 bits per heavy atom. The number of alkyl halides is 1. The van der Waals surface area contributed by atoms with E-state index in [-0.39, 0.29) is 18.0 Å². The Kier molecular flexibility index (Phi) is 3.89. The predicted octanol–water partition coefficient (Wildman–Crippen LogP) is 3.18. The molecule has 0 unspecified atom stereocenters. The van der Waals surface area contributed by atoms with Crippen molar-refractivity contribution in [1.29, 1.82) is 0 Å². The van der Waals surface area contributed by atoms with Gasteiger partial charge in [0.15, 0.2) is 0 Å². The molecule has 1 saturated heterocycles. The molecule has 2 atom stereocenters. The summed E-state index contributed by atoms with van der Waals surface area (Å²) < 4.78 is 19.1. The molecule has 0 radical (unpaired) electrons. The molecule has 1 heterocycles. The van der Waals surface area contributed by atoms with Crippen molar-refractivity contribution in [3.05, 3.63) is 29.6 Å². The highest BCUT2D eigenvalue weighted by atomic mass is 35.5. The van der Waals surface area contributed by atoms with Crippen LogP contribution in [-0.2, 0) is 10.6 Å². The van der Waals surface area contributed by atoms with Crippen LogP contribution in [0.2, 0.25) is 0 Å². The zero-order valence-electron chi connectivity index (χ0n) is 10.1. The zero-order chi connectivity index (χ0) is 12.4. The third kappa shape index (κ3) is 3.11. The van der Waals surface area contributed by atoms with Crippen LogP contribution in [0.5, 0.6) is 0 Å². The molecule has 4 heteroatoms. The molecule has 1 fully saturated rings. The first-order valence-corrected chi connectivity index (χ1v) is 6.38. The molecular weight excluding hydrogens is 241 g/mol. The van der Waals surface area contributed by atoms with Crippen LogP contribution < -0.4 is 4.90 Å². The number of halogens is 2. The highest BCUT2D eigenvalue weighted by molar-refractivity contribution is 6.17. The van der Waals surface area contributed by atoms with Gasteiger partial charge in [-0.3, -0.25) is 0 Å². The second-order valence-electron chi connectivity index (χ2n) is 4.61. The maximum absolute atomic E-state index is 13.4. The lowest BCUT2D eigenvalue weighted by atomic mass is 10.1. The summed E-state index contributed by atoms with van der Waals surface area (Å²) in [6.45, 7) is 5.64. The second kappa shape index (κ2) is 5.23. The van der Waals surface area contributed by atoms with Crippen LogP contribution in [0.4, 0.5) is 10.1 Å². The lowest BCUT2D eigenvalue weighted by molar-refractivity contribution is -0.00523. The van der Waals surface area contributed by atoms with Crippen LogP contribution in [0.15, 0.2) is 18.2 Å². The summed E-state index contributed by atoms with van der Waals surface area (Å²) in [4.78, 5) is 2.15. The molecule has 17 heavy (non-hydrogen) atoms. The Hall–Kier alpha value is -0.800. The minimum absolute atomic E-state index is 0.168. The minimum atomic E-state index is -0.232. The largest absolute Gasteiger partial charge is 0.372 e. The molecule has 1 aromatic carbocycles. The monoisotopic (exact) mass is 257 g/mol. The lowest BCUT2D eigenvalue weighted by Crippen LogP contribution is -2.45. The van der Waals surface area contributed by atoms with E-state index in [0.717, 1.165) is 24.3 Å². The fourth-order valence-electron chi connectivity index (χ4n) is 2.28. The normalized spacial score (nSPS) is 25.1. The summed E-state index contributed by atoms with van der Waals surface area (Å²) in [5.74, 6) is 0.102. The van der Waals surface area contributed by atoms with Crippen molar-refractivity contribution < 1.29 is 9.13 Å². The highest BCUT2D eigenvalue weighted by Gasteiger charge is 2.22. The molecule has 2 rings (SSSR count). The van der Waals surface area contributed by atoms with Crippen molar-refractivity contribution in [2.24, 2.45) is 0 Å². The van der Waals surface area contributed by atoms with Crippen molar-refractivity contribution >= 4 is 17.3 Å². The molecular formula is C13H17ClFNO. The third-order valence-corrected chi connectivity index (χ3v) is 3.19. The summed E-state index contributed by atoms with van der Waals surface area (Å²) in [5, 5.41) is 0. The summed E-state index contributed by atoms with van der Waals surface area (Å²) >= 11 is 5.76. The van der Waals surface area contributed by atoms with Crippen LogP contribution in [0.1, 0.15) is 19.4 Å². The van der Waals surface area contributed by atoms with Gasteiger partial charge < -0.3 is 9.64 Å². The van der Waals surface area contributed by atoms with Gasteiger partial charge in [-0.05, 0) is 37.6 Å². The Morgan fingerprint density at radius 1 is 1.29 bits per heavy atom. The van der Waals surface area contributed by atoms with Crippen molar-refractivity contribution in [1.82, 2.24) is 0 Å². The van der Waals surface area contributed by atoms with E-state index in [1.54, 1.807) is 6.07 Å². The molecule has 2 nitrogen and oxygen atoms in total. The van der Waals surface area contributed by atoms with Crippen LogP contribution in [0.25, 0.3) is 0 Å². The van der Waals surface area contributed by atoms with Gasteiger partial charge in [-0.2, -0.15) is 0 Å². The van der Waals surface area contributed by atoms with Gasteiger partial charge in [0, 0.05) is 24.7 Å². The molecule has 0 N–H and O–H groups in total. The van der Waals surface area contributed by atoms with Gasteiger partial charge in [-0.25, -0.2) is 4.39 Å². The molecule has 0 saturated carbocycles. The number of hydrogen-bond acceptors (Lipinski definition) is 2. The number of anilines is 1. The van der Waals surface area contributed by atoms with E-state index < -0.39 is 0 Å². The Morgan fingerprint density at radius 3 is 2.53 bits per heavy atom. The van der Waals surface area contributed by atoms with Gasteiger partial charge in [0.2, 0.25) is 0 Å². The third-order valence-electron chi connectivity index (χ3n) is 2.88.